The van der Waals surface area contributed by atoms with Gasteiger partial charge in [0.05, 0.1) is 29.7 Å². The van der Waals surface area contributed by atoms with Crippen LogP contribution in [0.4, 0.5) is 18.0 Å². The smallest absolute Gasteiger partial charge is 0.416 e. The molecule has 0 saturated carbocycles. The van der Waals surface area contributed by atoms with Crippen LogP contribution < -0.4 is 0 Å². The van der Waals surface area contributed by atoms with E-state index in [2.05, 4.69) is 0 Å². The summed E-state index contributed by atoms with van der Waals surface area (Å²) in [6, 6.07) is 11.9. The summed E-state index contributed by atoms with van der Waals surface area (Å²) < 4.78 is 69.5. The molecular formula is C19H18F3NO5S. The van der Waals surface area contributed by atoms with Gasteiger partial charge in [-0.15, -0.1) is 0 Å². The Balaban J connectivity index is 1.77. The molecule has 0 radical (unpaired) electrons. The zero-order valence-corrected chi connectivity index (χ0v) is 15.9. The summed E-state index contributed by atoms with van der Waals surface area (Å²) in [6.07, 6.45) is -6.67. The third kappa shape index (κ3) is 4.70. The lowest BCUT2D eigenvalue weighted by Crippen LogP contribution is -2.35. The lowest BCUT2D eigenvalue weighted by Gasteiger charge is -2.19. The van der Waals surface area contributed by atoms with Crippen LogP contribution in [0.3, 0.4) is 0 Å². The molecule has 0 aromatic heterocycles. The molecular weight excluding hydrogens is 411 g/mol. The molecule has 156 valence electrons. The molecule has 0 bridgehead atoms. The van der Waals surface area contributed by atoms with Crippen LogP contribution in [0.25, 0.3) is 0 Å². The van der Waals surface area contributed by atoms with E-state index in [4.69, 9.17) is 4.74 Å². The van der Waals surface area contributed by atoms with Crippen molar-refractivity contribution in [2.24, 2.45) is 0 Å². The van der Waals surface area contributed by atoms with E-state index in [1.165, 1.54) is 24.3 Å². The van der Waals surface area contributed by atoms with Gasteiger partial charge < -0.3 is 14.7 Å². The fraction of sp³-hybridized carbons (Fsp3) is 0.316. The molecule has 10 heteroatoms. The number of likely N-dealkylation sites (tertiary alicyclic amines) is 1. The lowest BCUT2D eigenvalue weighted by atomic mass is 10.1. The first-order valence-electron chi connectivity index (χ1n) is 8.63. The molecule has 1 aliphatic rings. The maximum absolute atomic E-state index is 13.0. The SMILES string of the molecule is O=C(O)N1C[C@@H](S(=O)(=O)c2ccccc2)[C@H](OCc2ccc(C(F)(F)F)cc2)C1. The summed E-state index contributed by atoms with van der Waals surface area (Å²) in [5.74, 6) is 0. The van der Waals surface area contributed by atoms with E-state index >= 15 is 0 Å². The summed E-state index contributed by atoms with van der Waals surface area (Å²) in [7, 11) is -3.86. The van der Waals surface area contributed by atoms with Gasteiger partial charge in [-0.05, 0) is 29.8 Å². The molecule has 2 aromatic rings. The van der Waals surface area contributed by atoms with Crippen LogP contribution in [0.2, 0.25) is 0 Å². The van der Waals surface area contributed by atoms with Crippen molar-refractivity contribution in [3.8, 4) is 0 Å². The Morgan fingerprint density at radius 1 is 1.07 bits per heavy atom. The summed E-state index contributed by atoms with van der Waals surface area (Å²) in [6.45, 7) is -0.534. The molecule has 0 unspecified atom stereocenters. The van der Waals surface area contributed by atoms with Crippen LogP contribution in [0.15, 0.2) is 59.5 Å². The first-order chi connectivity index (χ1) is 13.6. The summed E-state index contributed by atoms with van der Waals surface area (Å²) >= 11 is 0. The average Bonchev–Trinajstić information content (AvgIpc) is 3.12. The maximum atomic E-state index is 13.0. The number of carbonyl (C=O) groups is 1. The number of benzene rings is 2. The normalized spacial score (nSPS) is 20.0. The van der Waals surface area contributed by atoms with Crippen molar-refractivity contribution in [3.63, 3.8) is 0 Å². The van der Waals surface area contributed by atoms with Crippen LogP contribution in [0.5, 0.6) is 0 Å². The maximum Gasteiger partial charge on any atom is 0.416 e. The first kappa shape index (κ1) is 21.1. The Morgan fingerprint density at radius 3 is 2.24 bits per heavy atom. The largest absolute Gasteiger partial charge is 0.465 e. The minimum absolute atomic E-state index is 0.0559. The van der Waals surface area contributed by atoms with Crippen molar-refractivity contribution < 1.29 is 36.2 Å². The molecule has 1 amide bonds. The van der Waals surface area contributed by atoms with Crippen molar-refractivity contribution >= 4 is 15.9 Å². The zero-order chi connectivity index (χ0) is 21.2. The molecule has 29 heavy (non-hydrogen) atoms. The highest BCUT2D eigenvalue weighted by molar-refractivity contribution is 7.92. The molecule has 1 N–H and O–H groups in total. The van der Waals surface area contributed by atoms with Gasteiger partial charge in [0.1, 0.15) is 5.25 Å². The Kier molecular flexibility index (Phi) is 5.85. The van der Waals surface area contributed by atoms with Crippen LogP contribution in [0, 0.1) is 0 Å². The lowest BCUT2D eigenvalue weighted by molar-refractivity contribution is -0.137. The molecule has 2 aromatic carbocycles. The van der Waals surface area contributed by atoms with Gasteiger partial charge in [-0.1, -0.05) is 30.3 Å². The summed E-state index contributed by atoms with van der Waals surface area (Å²) in [5, 5.41) is 8.13. The Labute approximate surface area is 165 Å². The number of sulfone groups is 1. The molecule has 6 nitrogen and oxygen atoms in total. The van der Waals surface area contributed by atoms with Crippen molar-refractivity contribution in [1.29, 1.82) is 0 Å². The van der Waals surface area contributed by atoms with Crippen LogP contribution in [-0.4, -0.2) is 49.0 Å². The number of hydrogen-bond donors (Lipinski definition) is 1. The van der Waals surface area contributed by atoms with Gasteiger partial charge in [-0.3, -0.25) is 0 Å². The van der Waals surface area contributed by atoms with Crippen molar-refractivity contribution in [1.82, 2.24) is 4.90 Å². The van der Waals surface area contributed by atoms with Gasteiger partial charge >= 0.3 is 12.3 Å². The minimum Gasteiger partial charge on any atom is -0.465 e. The highest BCUT2D eigenvalue weighted by Crippen LogP contribution is 2.30. The van der Waals surface area contributed by atoms with E-state index in [-0.39, 0.29) is 24.6 Å². The molecule has 1 fully saturated rings. The van der Waals surface area contributed by atoms with E-state index in [1.807, 2.05) is 0 Å². The molecule has 2 atom stereocenters. The fourth-order valence-electron chi connectivity index (χ4n) is 3.14. The summed E-state index contributed by atoms with van der Waals surface area (Å²) in [4.78, 5) is 12.3. The molecule has 0 aliphatic carbocycles. The van der Waals surface area contributed by atoms with Crippen LogP contribution in [0.1, 0.15) is 11.1 Å². The number of alkyl halides is 3. The number of carboxylic acid groups (broad SMARTS) is 1. The quantitative estimate of drug-likeness (QED) is 0.787. The van der Waals surface area contributed by atoms with E-state index in [1.54, 1.807) is 18.2 Å². The van der Waals surface area contributed by atoms with E-state index in [0.29, 0.717) is 5.56 Å². The van der Waals surface area contributed by atoms with Crippen LogP contribution >= 0.6 is 0 Å². The van der Waals surface area contributed by atoms with Crippen molar-refractivity contribution in [2.45, 2.75) is 29.0 Å². The number of amides is 1. The minimum atomic E-state index is -4.46. The number of hydrogen-bond acceptors (Lipinski definition) is 4. The Morgan fingerprint density at radius 2 is 1.69 bits per heavy atom. The Hall–Kier alpha value is -2.59. The van der Waals surface area contributed by atoms with Gasteiger partial charge in [0, 0.05) is 6.54 Å². The van der Waals surface area contributed by atoms with E-state index < -0.39 is 39.0 Å². The monoisotopic (exact) mass is 429 g/mol. The average molecular weight is 429 g/mol. The fourth-order valence-corrected chi connectivity index (χ4v) is 4.96. The molecule has 1 heterocycles. The second kappa shape index (κ2) is 8.03. The number of rotatable bonds is 5. The van der Waals surface area contributed by atoms with Gasteiger partial charge in [0.15, 0.2) is 9.84 Å². The number of halogens is 3. The van der Waals surface area contributed by atoms with Crippen LogP contribution in [-0.2, 0) is 27.4 Å². The highest BCUT2D eigenvalue weighted by atomic mass is 32.2. The second-order valence-corrected chi connectivity index (χ2v) is 8.80. The summed E-state index contributed by atoms with van der Waals surface area (Å²) in [5.41, 5.74) is -0.383. The van der Waals surface area contributed by atoms with E-state index in [9.17, 15) is 31.5 Å². The third-order valence-electron chi connectivity index (χ3n) is 4.70. The molecule has 1 saturated heterocycles. The molecule has 1 aliphatic heterocycles. The number of ether oxygens (including phenoxy) is 1. The number of nitrogens with zero attached hydrogens (tertiary/aromatic N) is 1. The third-order valence-corrected chi connectivity index (χ3v) is 6.88. The van der Waals surface area contributed by atoms with Gasteiger partial charge in [-0.25, -0.2) is 13.2 Å². The van der Waals surface area contributed by atoms with Gasteiger partial charge in [0.25, 0.3) is 0 Å². The van der Waals surface area contributed by atoms with Crippen molar-refractivity contribution in [3.05, 3.63) is 65.7 Å². The predicted octanol–water partition coefficient (Wildman–Crippen LogP) is 3.43. The zero-order valence-electron chi connectivity index (χ0n) is 15.0. The van der Waals surface area contributed by atoms with Crippen molar-refractivity contribution in [2.75, 3.05) is 13.1 Å². The van der Waals surface area contributed by atoms with Gasteiger partial charge in [-0.2, -0.15) is 13.2 Å². The topological polar surface area (TPSA) is 83.9 Å². The Bertz CT molecular complexity index is 962. The highest BCUT2D eigenvalue weighted by Gasteiger charge is 2.44. The standard InChI is InChI=1S/C19H18F3NO5S/c20-19(21,22)14-8-6-13(7-9-14)12-28-16-10-23(18(24)25)11-17(16)29(26,27)15-4-2-1-3-5-15/h1-9,16-17H,10-12H2,(H,24,25)/t16-,17-/m1/s1. The molecule has 0 spiro atoms. The van der Waals surface area contributed by atoms with Gasteiger partial charge in [0.2, 0.25) is 0 Å². The first-order valence-corrected chi connectivity index (χ1v) is 10.2. The van der Waals surface area contributed by atoms with E-state index in [0.717, 1.165) is 17.0 Å². The molecule has 3 rings (SSSR count). The predicted molar refractivity (Wildman–Crippen MR) is 97.0 cm³/mol. The second-order valence-electron chi connectivity index (χ2n) is 6.63.